The number of nitrogens with one attached hydrogen (secondary N) is 1. The maximum absolute atomic E-state index is 13.0. The number of rotatable bonds is 4. The average Bonchev–Trinajstić information content (AvgIpc) is 2.32. The van der Waals surface area contributed by atoms with Gasteiger partial charge in [-0.2, -0.15) is 0 Å². The lowest BCUT2D eigenvalue weighted by Crippen LogP contribution is -2.39. The summed E-state index contributed by atoms with van der Waals surface area (Å²) in [5, 5.41) is 2.80. The lowest BCUT2D eigenvalue weighted by molar-refractivity contribution is -0.126. The molecular weight excluding hydrogens is 242 g/mol. The molecule has 1 N–H and O–H groups in total. The van der Waals surface area contributed by atoms with Crippen LogP contribution in [0.15, 0.2) is 18.2 Å². The van der Waals surface area contributed by atoms with Gasteiger partial charge in [-0.05, 0) is 25.2 Å². The molecule has 0 atom stereocenters. The van der Waals surface area contributed by atoms with Gasteiger partial charge in [0.15, 0.2) is 11.6 Å². The fourth-order valence-corrected chi connectivity index (χ4v) is 1.41. The van der Waals surface area contributed by atoms with Crippen LogP contribution in [0.4, 0.5) is 8.78 Å². The van der Waals surface area contributed by atoms with Crippen molar-refractivity contribution in [1.82, 2.24) is 10.2 Å². The highest BCUT2D eigenvalue weighted by Crippen LogP contribution is 2.11. The molecule has 98 valence electrons. The predicted octanol–water partition coefficient (Wildman–Crippen LogP) is 1.17. The molecule has 18 heavy (non-hydrogen) atoms. The summed E-state index contributed by atoms with van der Waals surface area (Å²) >= 11 is 0. The van der Waals surface area contributed by atoms with Crippen molar-refractivity contribution in [3.05, 3.63) is 35.4 Å². The monoisotopic (exact) mass is 256 g/mol. The number of nitrogens with zero attached hydrogens (tertiary/aromatic N) is 1. The molecule has 0 heterocycles. The van der Waals surface area contributed by atoms with Crippen LogP contribution >= 0.6 is 0 Å². The lowest BCUT2D eigenvalue weighted by Gasteiger charge is -2.19. The van der Waals surface area contributed by atoms with E-state index in [9.17, 15) is 18.4 Å². The Kier molecular flexibility index (Phi) is 4.91. The van der Waals surface area contributed by atoms with Gasteiger partial charge in [-0.15, -0.1) is 0 Å². The summed E-state index contributed by atoms with van der Waals surface area (Å²) in [4.78, 5) is 24.2. The number of amides is 2. The number of carbonyl (C=O) groups is 2. The van der Waals surface area contributed by atoms with E-state index < -0.39 is 23.4 Å². The molecule has 0 bridgehead atoms. The Balaban J connectivity index is 2.94. The predicted molar refractivity (Wildman–Crippen MR) is 62.0 cm³/mol. The summed E-state index contributed by atoms with van der Waals surface area (Å²) in [5.74, 6) is -3.23. The van der Waals surface area contributed by atoms with E-state index in [2.05, 4.69) is 5.32 Å². The van der Waals surface area contributed by atoms with Gasteiger partial charge in [-0.1, -0.05) is 0 Å². The van der Waals surface area contributed by atoms with Gasteiger partial charge in [-0.25, -0.2) is 8.78 Å². The summed E-state index contributed by atoms with van der Waals surface area (Å²) in [6.07, 6.45) is 0. The van der Waals surface area contributed by atoms with E-state index in [0.717, 1.165) is 23.1 Å². The van der Waals surface area contributed by atoms with Gasteiger partial charge in [0.1, 0.15) is 0 Å². The molecule has 0 saturated carbocycles. The number of halogens is 2. The Bertz CT molecular complexity index is 463. The van der Waals surface area contributed by atoms with E-state index in [1.54, 1.807) is 7.05 Å². The molecule has 1 aromatic carbocycles. The van der Waals surface area contributed by atoms with Crippen LogP contribution in [0.3, 0.4) is 0 Å². The fraction of sp³-hybridized carbons (Fsp3) is 0.333. The minimum Gasteiger partial charge on any atom is -0.318 e. The van der Waals surface area contributed by atoms with Crippen LogP contribution in [-0.2, 0) is 4.79 Å². The van der Waals surface area contributed by atoms with E-state index >= 15 is 0 Å². The summed E-state index contributed by atoms with van der Waals surface area (Å²) in [5.41, 5.74) is -0.0554. The zero-order valence-corrected chi connectivity index (χ0v) is 10.2. The second-order valence-electron chi connectivity index (χ2n) is 3.71. The lowest BCUT2D eigenvalue weighted by atomic mass is 10.2. The zero-order chi connectivity index (χ0) is 13.7. The number of likely N-dealkylation sites (N-methyl/N-ethyl adjacent to an activating group) is 1. The largest absolute Gasteiger partial charge is 0.318 e. The molecule has 2 amide bonds. The first kappa shape index (κ1) is 14.2. The van der Waals surface area contributed by atoms with Gasteiger partial charge in [0, 0.05) is 25.6 Å². The number of carbonyl (C=O) groups excluding carboxylic acids is 2. The smallest absolute Gasteiger partial charge is 0.260 e. The van der Waals surface area contributed by atoms with Crippen LogP contribution in [0.25, 0.3) is 0 Å². The Morgan fingerprint density at radius 3 is 2.44 bits per heavy atom. The van der Waals surface area contributed by atoms with Gasteiger partial charge < -0.3 is 5.32 Å². The van der Waals surface area contributed by atoms with E-state index in [1.807, 2.05) is 0 Å². The molecule has 0 aromatic heterocycles. The first-order valence-corrected chi connectivity index (χ1v) is 5.39. The van der Waals surface area contributed by atoms with Gasteiger partial charge >= 0.3 is 0 Å². The number of hydrogen-bond acceptors (Lipinski definition) is 3. The maximum Gasteiger partial charge on any atom is 0.260 e. The van der Waals surface area contributed by atoms with Crippen molar-refractivity contribution < 1.29 is 18.4 Å². The number of hydrogen-bond donors (Lipinski definition) is 1. The second-order valence-corrected chi connectivity index (χ2v) is 3.71. The molecular formula is C12H14F2N2O2. The van der Waals surface area contributed by atoms with Crippen LogP contribution in [0.1, 0.15) is 17.3 Å². The standard InChI is InChI=1S/C12H14F2N2O2/c1-8(17)16(6-5-15-2)12(18)9-3-4-10(13)11(14)7-9/h3-4,7,15H,5-6H2,1-2H3. The molecule has 0 radical (unpaired) electrons. The minimum atomic E-state index is -1.11. The van der Waals surface area contributed by atoms with E-state index in [-0.39, 0.29) is 12.1 Å². The molecule has 1 aromatic rings. The first-order chi connectivity index (χ1) is 8.47. The van der Waals surface area contributed by atoms with Crippen molar-refractivity contribution in [2.24, 2.45) is 0 Å². The van der Waals surface area contributed by atoms with E-state index in [0.29, 0.717) is 6.54 Å². The van der Waals surface area contributed by atoms with Crippen molar-refractivity contribution in [1.29, 1.82) is 0 Å². The summed E-state index contributed by atoms with van der Waals surface area (Å²) in [6.45, 7) is 1.84. The highest BCUT2D eigenvalue weighted by atomic mass is 19.2. The number of benzene rings is 1. The van der Waals surface area contributed by atoms with Crippen LogP contribution in [0, 0.1) is 11.6 Å². The molecule has 4 nitrogen and oxygen atoms in total. The maximum atomic E-state index is 13.0. The fourth-order valence-electron chi connectivity index (χ4n) is 1.41. The molecule has 6 heteroatoms. The highest BCUT2D eigenvalue weighted by molar-refractivity contribution is 6.04. The second kappa shape index (κ2) is 6.20. The Morgan fingerprint density at radius 2 is 1.94 bits per heavy atom. The van der Waals surface area contributed by atoms with Crippen LogP contribution in [-0.4, -0.2) is 36.9 Å². The van der Waals surface area contributed by atoms with E-state index in [4.69, 9.17) is 0 Å². The first-order valence-electron chi connectivity index (χ1n) is 5.39. The topological polar surface area (TPSA) is 49.4 Å². The van der Waals surface area contributed by atoms with Gasteiger partial charge in [0.05, 0.1) is 0 Å². The van der Waals surface area contributed by atoms with Crippen molar-refractivity contribution >= 4 is 11.8 Å². The molecule has 1 rings (SSSR count). The third-order valence-corrected chi connectivity index (χ3v) is 2.38. The third kappa shape index (κ3) is 3.33. The van der Waals surface area contributed by atoms with Crippen molar-refractivity contribution in [2.45, 2.75) is 6.92 Å². The molecule has 0 aliphatic heterocycles. The molecule has 0 aliphatic carbocycles. The quantitative estimate of drug-likeness (QED) is 0.879. The molecule has 0 unspecified atom stereocenters. The molecule has 0 saturated heterocycles. The Morgan fingerprint density at radius 1 is 1.28 bits per heavy atom. The van der Waals surface area contributed by atoms with Crippen LogP contribution < -0.4 is 5.32 Å². The Labute approximate surface area is 104 Å². The molecule has 0 spiro atoms. The number of imide groups is 1. The van der Waals surface area contributed by atoms with Gasteiger partial charge in [-0.3, -0.25) is 14.5 Å². The SMILES string of the molecule is CNCCN(C(C)=O)C(=O)c1ccc(F)c(F)c1. The summed E-state index contributed by atoms with van der Waals surface area (Å²) in [7, 11) is 1.68. The van der Waals surface area contributed by atoms with Gasteiger partial charge in [0.25, 0.3) is 5.91 Å². The van der Waals surface area contributed by atoms with Crippen LogP contribution in [0.5, 0.6) is 0 Å². The molecule has 0 aliphatic rings. The average molecular weight is 256 g/mol. The normalized spacial score (nSPS) is 10.2. The van der Waals surface area contributed by atoms with Crippen LogP contribution in [0.2, 0.25) is 0 Å². The zero-order valence-electron chi connectivity index (χ0n) is 10.2. The van der Waals surface area contributed by atoms with Crippen molar-refractivity contribution in [2.75, 3.05) is 20.1 Å². The Hall–Kier alpha value is -1.82. The van der Waals surface area contributed by atoms with Crippen molar-refractivity contribution in [3.8, 4) is 0 Å². The third-order valence-electron chi connectivity index (χ3n) is 2.38. The molecule has 0 fully saturated rings. The van der Waals surface area contributed by atoms with Gasteiger partial charge in [0.2, 0.25) is 5.91 Å². The van der Waals surface area contributed by atoms with Crippen molar-refractivity contribution in [3.63, 3.8) is 0 Å². The summed E-state index contributed by atoms with van der Waals surface area (Å²) in [6, 6.07) is 2.79. The summed E-state index contributed by atoms with van der Waals surface area (Å²) < 4.78 is 25.8. The van der Waals surface area contributed by atoms with E-state index in [1.165, 1.54) is 6.92 Å². The highest BCUT2D eigenvalue weighted by Gasteiger charge is 2.20. The minimum absolute atomic E-state index is 0.0554.